The molecule has 0 atom stereocenters. The number of carbonyl (C=O) groups excluding carboxylic acids is 1. The second-order valence-corrected chi connectivity index (χ2v) is 6.16. The quantitative estimate of drug-likeness (QED) is 0.737. The van der Waals surface area contributed by atoms with Crippen molar-refractivity contribution in [2.75, 3.05) is 13.7 Å². The summed E-state index contributed by atoms with van der Waals surface area (Å²) >= 11 is 0. The summed E-state index contributed by atoms with van der Waals surface area (Å²) < 4.78 is 35.1. The molecule has 0 aliphatic carbocycles. The molecule has 0 saturated heterocycles. The second kappa shape index (κ2) is 5.09. The second-order valence-electron chi connectivity index (χ2n) is 4.46. The number of furan rings is 1. The van der Waals surface area contributed by atoms with Crippen molar-refractivity contribution >= 4 is 16.0 Å². The molecule has 3 N–H and O–H groups in total. The van der Waals surface area contributed by atoms with Gasteiger partial charge in [-0.2, -0.15) is 0 Å². The summed E-state index contributed by atoms with van der Waals surface area (Å²) in [6.45, 7) is 3.40. The molecule has 1 heterocycles. The van der Waals surface area contributed by atoms with Gasteiger partial charge in [0.25, 0.3) is 10.0 Å². The highest BCUT2D eigenvalue weighted by molar-refractivity contribution is 7.89. The average Bonchev–Trinajstić information content (AvgIpc) is 2.74. The van der Waals surface area contributed by atoms with E-state index in [1.165, 1.54) is 7.11 Å². The molecule has 1 aromatic heterocycles. The molecule has 0 saturated carbocycles. The molecule has 1 aromatic rings. The van der Waals surface area contributed by atoms with Crippen LogP contribution in [0.5, 0.6) is 0 Å². The third-order valence-electron chi connectivity index (χ3n) is 1.98. The maximum atomic E-state index is 11.8. The molecule has 0 spiro atoms. The normalized spacial score (nSPS) is 12.4. The first-order valence-electron chi connectivity index (χ1n) is 5.11. The topological polar surface area (TPSA) is 112 Å². The van der Waals surface area contributed by atoms with Gasteiger partial charge >= 0.3 is 5.97 Å². The van der Waals surface area contributed by atoms with E-state index in [4.69, 9.17) is 10.2 Å². The lowest BCUT2D eigenvalue weighted by Crippen LogP contribution is -2.44. The third kappa shape index (κ3) is 3.83. The minimum Gasteiger partial charge on any atom is -0.465 e. The van der Waals surface area contributed by atoms with Crippen LogP contribution in [0.3, 0.4) is 0 Å². The van der Waals surface area contributed by atoms with Crippen LogP contribution in [-0.4, -0.2) is 33.6 Å². The first kappa shape index (κ1) is 14.7. The SMILES string of the molecule is COC(=O)c1coc(S(=O)(=O)NCC(C)(C)N)c1. The highest BCUT2D eigenvalue weighted by Crippen LogP contribution is 2.14. The van der Waals surface area contributed by atoms with Crippen LogP contribution in [0, 0.1) is 0 Å². The number of ether oxygens (including phenoxy) is 1. The molecule has 0 aromatic carbocycles. The van der Waals surface area contributed by atoms with Crippen molar-refractivity contribution in [3.8, 4) is 0 Å². The van der Waals surface area contributed by atoms with Gasteiger partial charge in [0.05, 0.1) is 12.7 Å². The highest BCUT2D eigenvalue weighted by Gasteiger charge is 2.23. The summed E-state index contributed by atoms with van der Waals surface area (Å²) in [4.78, 5) is 11.2. The molecule has 7 nitrogen and oxygen atoms in total. The van der Waals surface area contributed by atoms with E-state index in [1.807, 2.05) is 0 Å². The number of hydrogen-bond donors (Lipinski definition) is 2. The maximum absolute atomic E-state index is 11.8. The van der Waals surface area contributed by atoms with E-state index in [0.717, 1.165) is 12.3 Å². The fourth-order valence-electron chi connectivity index (χ4n) is 1.03. The number of nitrogens with two attached hydrogens (primary N) is 1. The summed E-state index contributed by atoms with van der Waals surface area (Å²) in [5.41, 5.74) is 5.01. The average molecular weight is 276 g/mol. The number of carbonyl (C=O) groups is 1. The van der Waals surface area contributed by atoms with Crippen LogP contribution < -0.4 is 10.5 Å². The first-order valence-corrected chi connectivity index (χ1v) is 6.59. The van der Waals surface area contributed by atoms with Crippen LogP contribution in [-0.2, 0) is 14.8 Å². The Morgan fingerprint density at radius 2 is 2.17 bits per heavy atom. The van der Waals surface area contributed by atoms with Gasteiger partial charge < -0.3 is 14.9 Å². The van der Waals surface area contributed by atoms with Gasteiger partial charge in [0.1, 0.15) is 6.26 Å². The van der Waals surface area contributed by atoms with E-state index >= 15 is 0 Å². The molecule has 0 aliphatic rings. The zero-order chi connectivity index (χ0) is 14.0. The molecule has 0 unspecified atom stereocenters. The number of rotatable bonds is 5. The Labute approximate surface area is 105 Å². The lowest BCUT2D eigenvalue weighted by molar-refractivity contribution is 0.0600. The molecule has 0 amide bonds. The van der Waals surface area contributed by atoms with E-state index < -0.39 is 21.5 Å². The van der Waals surface area contributed by atoms with Gasteiger partial charge in [-0.3, -0.25) is 0 Å². The summed E-state index contributed by atoms with van der Waals surface area (Å²) in [6.07, 6.45) is 1.02. The Morgan fingerprint density at radius 1 is 1.56 bits per heavy atom. The predicted octanol–water partition coefficient (Wildman–Crippen LogP) is 0.0818. The van der Waals surface area contributed by atoms with E-state index in [2.05, 4.69) is 9.46 Å². The summed E-state index contributed by atoms with van der Waals surface area (Å²) in [7, 11) is -2.63. The van der Waals surface area contributed by atoms with Gasteiger partial charge in [-0.1, -0.05) is 0 Å². The molecule has 1 rings (SSSR count). The van der Waals surface area contributed by atoms with E-state index in [1.54, 1.807) is 13.8 Å². The fraction of sp³-hybridized carbons (Fsp3) is 0.500. The minimum absolute atomic E-state index is 0.0323. The number of hydrogen-bond acceptors (Lipinski definition) is 6. The Bertz CT molecular complexity index is 527. The van der Waals surface area contributed by atoms with Crippen molar-refractivity contribution in [1.82, 2.24) is 4.72 Å². The summed E-state index contributed by atoms with van der Waals surface area (Å²) in [5, 5.41) is -0.354. The number of nitrogens with one attached hydrogen (secondary N) is 1. The van der Waals surface area contributed by atoms with Crippen molar-refractivity contribution in [1.29, 1.82) is 0 Å². The fourth-order valence-corrected chi connectivity index (χ4v) is 2.20. The van der Waals surface area contributed by atoms with Crippen LogP contribution in [0.15, 0.2) is 21.8 Å². The monoisotopic (exact) mass is 276 g/mol. The van der Waals surface area contributed by atoms with Gasteiger partial charge in [0, 0.05) is 18.2 Å². The smallest absolute Gasteiger partial charge is 0.341 e. The summed E-state index contributed by atoms with van der Waals surface area (Å²) in [5.74, 6) is -0.667. The maximum Gasteiger partial charge on any atom is 0.341 e. The molecule has 8 heteroatoms. The third-order valence-corrected chi connectivity index (χ3v) is 3.25. The first-order chi connectivity index (χ1) is 8.15. The Balaban J connectivity index is 2.86. The number of methoxy groups -OCH3 is 1. The van der Waals surface area contributed by atoms with Gasteiger partial charge in [-0.15, -0.1) is 0 Å². The Kier molecular flexibility index (Phi) is 4.15. The van der Waals surface area contributed by atoms with Gasteiger partial charge in [-0.05, 0) is 13.8 Å². The largest absolute Gasteiger partial charge is 0.465 e. The van der Waals surface area contributed by atoms with E-state index in [9.17, 15) is 13.2 Å². The lowest BCUT2D eigenvalue weighted by Gasteiger charge is -2.18. The van der Waals surface area contributed by atoms with Crippen molar-refractivity contribution in [2.24, 2.45) is 5.73 Å². The van der Waals surface area contributed by atoms with Crippen molar-refractivity contribution in [3.63, 3.8) is 0 Å². The zero-order valence-corrected chi connectivity index (χ0v) is 11.2. The van der Waals surface area contributed by atoms with Crippen LogP contribution in [0.25, 0.3) is 0 Å². The number of esters is 1. The summed E-state index contributed by atoms with van der Waals surface area (Å²) in [6, 6.07) is 1.09. The number of sulfonamides is 1. The van der Waals surface area contributed by atoms with Crippen molar-refractivity contribution in [3.05, 3.63) is 17.9 Å². The minimum atomic E-state index is -3.82. The molecule has 0 bridgehead atoms. The Hall–Kier alpha value is -1.38. The van der Waals surface area contributed by atoms with E-state index in [0.29, 0.717) is 0 Å². The molecular weight excluding hydrogens is 260 g/mol. The van der Waals surface area contributed by atoms with Crippen LogP contribution in [0.4, 0.5) is 0 Å². The molecule has 102 valence electrons. The van der Waals surface area contributed by atoms with E-state index in [-0.39, 0.29) is 17.2 Å². The standard InChI is InChI=1S/C10H16N2O5S/c1-10(2,11)6-12-18(14,15)8-4-7(5-17-8)9(13)16-3/h4-5,12H,6,11H2,1-3H3. The molecule has 0 fully saturated rings. The highest BCUT2D eigenvalue weighted by atomic mass is 32.2. The zero-order valence-electron chi connectivity index (χ0n) is 10.4. The van der Waals surface area contributed by atoms with Crippen molar-refractivity contribution in [2.45, 2.75) is 24.5 Å². The van der Waals surface area contributed by atoms with Crippen LogP contribution >= 0.6 is 0 Å². The van der Waals surface area contributed by atoms with Crippen LogP contribution in [0.2, 0.25) is 0 Å². The Morgan fingerprint density at radius 3 is 2.67 bits per heavy atom. The molecule has 18 heavy (non-hydrogen) atoms. The van der Waals surface area contributed by atoms with Gasteiger partial charge in [0.15, 0.2) is 0 Å². The van der Waals surface area contributed by atoms with Gasteiger partial charge in [0.2, 0.25) is 5.09 Å². The predicted molar refractivity (Wildman–Crippen MR) is 63.5 cm³/mol. The van der Waals surface area contributed by atoms with Gasteiger partial charge in [-0.25, -0.2) is 17.9 Å². The van der Waals surface area contributed by atoms with Crippen molar-refractivity contribution < 1.29 is 22.4 Å². The molecular formula is C10H16N2O5S. The molecule has 0 aliphatic heterocycles. The molecule has 0 radical (unpaired) electrons. The van der Waals surface area contributed by atoms with Crippen LogP contribution in [0.1, 0.15) is 24.2 Å². The lowest BCUT2D eigenvalue weighted by atomic mass is 10.1.